The normalized spacial score (nSPS) is 10.9. The van der Waals surface area contributed by atoms with Gasteiger partial charge in [-0.1, -0.05) is 29.3 Å². The Morgan fingerprint density at radius 2 is 2.03 bits per heavy atom. The van der Waals surface area contributed by atoms with E-state index in [9.17, 15) is 14.9 Å². The molecule has 0 saturated heterocycles. The number of benzene rings is 1. The molecule has 2 heterocycles. The fourth-order valence-electron chi connectivity index (χ4n) is 2.60. The van der Waals surface area contributed by atoms with E-state index in [-0.39, 0.29) is 24.7 Å². The van der Waals surface area contributed by atoms with Gasteiger partial charge in [0.25, 0.3) is 0 Å². The predicted octanol–water partition coefficient (Wildman–Crippen LogP) is 4.44. The molecule has 0 unspecified atom stereocenters. The molecule has 0 radical (unpaired) electrons. The van der Waals surface area contributed by atoms with E-state index in [1.165, 1.54) is 10.7 Å². The molecular formula is C17H15BrCl2N6O3. The van der Waals surface area contributed by atoms with E-state index >= 15 is 0 Å². The van der Waals surface area contributed by atoms with Gasteiger partial charge >= 0.3 is 5.82 Å². The van der Waals surface area contributed by atoms with E-state index in [2.05, 4.69) is 31.4 Å². The molecule has 12 heteroatoms. The average molecular weight is 502 g/mol. The number of aromatic nitrogens is 4. The summed E-state index contributed by atoms with van der Waals surface area (Å²) in [5, 5.41) is 22.6. The van der Waals surface area contributed by atoms with Crippen LogP contribution >= 0.6 is 39.1 Å². The van der Waals surface area contributed by atoms with E-state index in [0.29, 0.717) is 32.6 Å². The van der Waals surface area contributed by atoms with Gasteiger partial charge in [0, 0.05) is 12.6 Å². The summed E-state index contributed by atoms with van der Waals surface area (Å²) in [6, 6.07) is 6.66. The molecule has 1 amide bonds. The van der Waals surface area contributed by atoms with Crippen molar-refractivity contribution in [1.82, 2.24) is 19.6 Å². The summed E-state index contributed by atoms with van der Waals surface area (Å²) in [7, 11) is 0. The van der Waals surface area contributed by atoms with E-state index < -0.39 is 4.92 Å². The lowest BCUT2D eigenvalue weighted by Crippen LogP contribution is -2.16. The molecule has 9 nitrogen and oxygen atoms in total. The van der Waals surface area contributed by atoms with Crippen molar-refractivity contribution in [2.24, 2.45) is 0 Å². The minimum Gasteiger partial charge on any atom is -0.358 e. The zero-order chi connectivity index (χ0) is 21.1. The van der Waals surface area contributed by atoms with E-state index in [1.807, 2.05) is 6.07 Å². The summed E-state index contributed by atoms with van der Waals surface area (Å²) >= 11 is 15.3. The maximum atomic E-state index is 12.3. The van der Waals surface area contributed by atoms with Crippen LogP contribution in [0.4, 0.5) is 11.6 Å². The van der Waals surface area contributed by atoms with Crippen molar-refractivity contribution in [2.45, 2.75) is 26.4 Å². The Hall–Kier alpha value is -2.43. The van der Waals surface area contributed by atoms with Gasteiger partial charge in [-0.05, 0) is 45.5 Å². The third kappa shape index (κ3) is 5.34. The van der Waals surface area contributed by atoms with Gasteiger partial charge in [0.1, 0.15) is 0 Å². The molecular weight excluding hydrogens is 487 g/mol. The molecule has 3 aromatic rings. The lowest BCUT2D eigenvalue weighted by Gasteiger charge is -2.04. The largest absolute Gasteiger partial charge is 0.390 e. The van der Waals surface area contributed by atoms with E-state index in [4.69, 9.17) is 23.2 Å². The molecule has 29 heavy (non-hydrogen) atoms. The van der Waals surface area contributed by atoms with Gasteiger partial charge < -0.3 is 15.4 Å². The Morgan fingerprint density at radius 3 is 2.69 bits per heavy atom. The lowest BCUT2D eigenvalue weighted by atomic mass is 10.2. The third-order valence-electron chi connectivity index (χ3n) is 4.01. The molecule has 0 atom stereocenters. The first-order valence-corrected chi connectivity index (χ1v) is 9.93. The maximum absolute atomic E-state index is 12.3. The van der Waals surface area contributed by atoms with Gasteiger partial charge in [-0.25, -0.2) is 0 Å². The number of nitro groups is 1. The van der Waals surface area contributed by atoms with Crippen molar-refractivity contribution < 1.29 is 9.72 Å². The Kier molecular flexibility index (Phi) is 6.56. The Bertz CT molecular complexity index is 1080. The van der Waals surface area contributed by atoms with Gasteiger partial charge in [0.15, 0.2) is 5.82 Å². The number of amides is 1. The van der Waals surface area contributed by atoms with Gasteiger partial charge in [0.05, 0.1) is 44.5 Å². The Labute approximate surface area is 183 Å². The minimum absolute atomic E-state index is 0.0891. The molecule has 0 aliphatic carbocycles. The molecule has 0 aliphatic rings. The number of carbonyl (C=O) groups excluding carboxylic acids is 1. The molecule has 152 valence electrons. The van der Waals surface area contributed by atoms with E-state index in [1.54, 1.807) is 29.9 Å². The maximum Gasteiger partial charge on any atom is 0.390 e. The molecule has 1 N–H and O–H groups in total. The molecule has 3 rings (SSSR count). The predicted molar refractivity (Wildman–Crippen MR) is 112 cm³/mol. The van der Waals surface area contributed by atoms with Crippen molar-refractivity contribution in [2.75, 3.05) is 5.32 Å². The number of aryl methyl sites for hydroxylation is 2. The summed E-state index contributed by atoms with van der Waals surface area (Å²) in [6.45, 7) is 2.35. The highest BCUT2D eigenvalue weighted by atomic mass is 79.9. The van der Waals surface area contributed by atoms with Crippen LogP contribution < -0.4 is 5.32 Å². The SMILES string of the molecule is Cc1cc([N+](=O)[O-])nn1CCC(=O)Nc1nn(Cc2ccc(Cl)c(Cl)c2)cc1Br. The number of anilines is 1. The zero-order valence-electron chi connectivity index (χ0n) is 15.1. The molecule has 2 aromatic heterocycles. The molecule has 0 spiro atoms. The van der Waals surface area contributed by atoms with Crippen molar-refractivity contribution >= 4 is 56.7 Å². The number of nitrogens with one attached hydrogen (secondary N) is 1. The van der Waals surface area contributed by atoms with Crippen LogP contribution in [0, 0.1) is 17.0 Å². The van der Waals surface area contributed by atoms with Crippen LogP contribution in [0.15, 0.2) is 34.9 Å². The van der Waals surface area contributed by atoms with Crippen LogP contribution in [-0.4, -0.2) is 30.4 Å². The smallest absolute Gasteiger partial charge is 0.358 e. The summed E-state index contributed by atoms with van der Waals surface area (Å²) in [5.74, 6) is -0.159. The summed E-state index contributed by atoms with van der Waals surface area (Å²) in [4.78, 5) is 22.5. The minimum atomic E-state index is -0.568. The molecule has 1 aromatic carbocycles. The second-order valence-corrected chi connectivity index (χ2v) is 7.86. The summed E-state index contributed by atoms with van der Waals surface area (Å²) in [6.07, 6.45) is 1.82. The van der Waals surface area contributed by atoms with E-state index in [0.717, 1.165) is 5.56 Å². The second-order valence-electron chi connectivity index (χ2n) is 6.19. The monoisotopic (exact) mass is 500 g/mol. The van der Waals surface area contributed by atoms with Crippen LogP contribution in [0.2, 0.25) is 10.0 Å². The number of halogens is 3. The molecule has 0 saturated carbocycles. The standard InChI is InChI=1S/C17H15BrCl2N6O3/c1-10-6-15(26(28)29)22-25(10)5-4-16(27)21-17-12(18)9-24(23-17)8-11-2-3-13(19)14(20)7-11/h2-3,6-7,9H,4-5,8H2,1H3,(H,21,23,27). The van der Waals surface area contributed by atoms with Crippen LogP contribution in [0.25, 0.3) is 0 Å². The zero-order valence-corrected chi connectivity index (χ0v) is 18.2. The number of nitrogens with zero attached hydrogens (tertiary/aromatic N) is 5. The average Bonchev–Trinajstić information content (AvgIpc) is 3.19. The fourth-order valence-corrected chi connectivity index (χ4v) is 3.33. The Balaban J connectivity index is 1.60. The van der Waals surface area contributed by atoms with Crippen LogP contribution in [-0.2, 0) is 17.9 Å². The molecule has 0 bridgehead atoms. The number of carbonyl (C=O) groups is 1. The summed E-state index contributed by atoms with van der Waals surface area (Å²) < 4.78 is 3.70. The van der Waals surface area contributed by atoms with Crippen LogP contribution in [0.1, 0.15) is 17.7 Å². The number of hydrogen-bond acceptors (Lipinski definition) is 5. The third-order valence-corrected chi connectivity index (χ3v) is 5.33. The molecule has 0 aliphatic heterocycles. The Morgan fingerprint density at radius 1 is 1.28 bits per heavy atom. The van der Waals surface area contributed by atoms with Crippen molar-refractivity contribution in [3.63, 3.8) is 0 Å². The second kappa shape index (κ2) is 8.93. The number of hydrogen-bond donors (Lipinski definition) is 1. The highest BCUT2D eigenvalue weighted by molar-refractivity contribution is 9.10. The summed E-state index contributed by atoms with van der Waals surface area (Å²) in [5.41, 5.74) is 1.51. The topological polar surface area (TPSA) is 108 Å². The first kappa shape index (κ1) is 21.3. The first-order chi connectivity index (χ1) is 13.7. The van der Waals surface area contributed by atoms with Gasteiger partial charge in [0.2, 0.25) is 5.91 Å². The molecule has 0 fully saturated rings. The van der Waals surface area contributed by atoms with Crippen molar-refractivity contribution in [1.29, 1.82) is 0 Å². The van der Waals surface area contributed by atoms with Crippen LogP contribution in [0.5, 0.6) is 0 Å². The van der Waals surface area contributed by atoms with Gasteiger partial charge in [-0.15, -0.1) is 0 Å². The van der Waals surface area contributed by atoms with Crippen molar-refractivity contribution in [3.05, 3.63) is 66.4 Å². The lowest BCUT2D eigenvalue weighted by molar-refractivity contribution is -0.389. The van der Waals surface area contributed by atoms with Gasteiger partial charge in [-0.2, -0.15) is 9.78 Å². The van der Waals surface area contributed by atoms with Gasteiger partial charge in [-0.3, -0.25) is 9.48 Å². The highest BCUT2D eigenvalue weighted by Crippen LogP contribution is 2.25. The first-order valence-electron chi connectivity index (χ1n) is 8.38. The van der Waals surface area contributed by atoms with Crippen molar-refractivity contribution in [3.8, 4) is 0 Å². The highest BCUT2D eigenvalue weighted by Gasteiger charge is 2.17. The quantitative estimate of drug-likeness (QED) is 0.380. The number of rotatable bonds is 7. The van der Waals surface area contributed by atoms with Crippen LogP contribution in [0.3, 0.4) is 0 Å². The fraction of sp³-hybridized carbons (Fsp3) is 0.235.